The maximum atomic E-state index is 12.1. The zero-order valence-electron chi connectivity index (χ0n) is 26.8. The molecule has 1 heterocycles. The standard InChI is InChI=1S/C38H40N2O7S/c1-25(42)40-32-16-18-34(19-17-32)48-24-33-21-35(29-10-8-26(23-41)9-11-29)47-38(46-33)30-14-12-28(13-15-30)31-5-2-4-27(20-31)22-39-36(43)6-3-7-37(44)45/h2,4-5,8-20,33,35,38,41H,3,6-7,21-24H2,1H3,(H,39,43)(H,40,42)(H,44,45)/t33-,35+,38+/m1/s1. The Morgan fingerprint density at radius 2 is 1.56 bits per heavy atom. The minimum absolute atomic E-state index is 0.0178. The number of ether oxygens (including phenoxy) is 2. The first-order valence-corrected chi connectivity index (χ1v) is 16.9. The number of anilines is 1. The molecule has 0 aliphatic carbocycles. The second-order valence-electron chi connectivity index (χ2n) is 11.7. The van der Waals surface area contributed by atoms with Gasteiger partial charge in [-0.2, -0.15) is 0 Å². The number of carbonyl (C=O) groups is 3. The van der Waals surface area contributed by atoms with Crippen LogP contribution in [0.2, 0.25) is 0 Å². The third-order valence-corrected chi connectivity index (χ3v) is 9.10. The number of nitrogens with one attached hydrogen (secondary N) is 2. The van der Waals surface area contributed by atoms with Crippen LogP contribution in [0, 0.1) is 0 Å². The van der Waals surface area contributed by atoms with Gasteiger partial charge in [-0.05, 0) is 64.6 Å². The summed E-state index contributed by atoms with van der Waals surface area (Å²) in [5, 5.41) is 24.0. The number of carboxylic acids is 1. The number of hydrogen-bond acceptors (Lipinski definition) is 7. The van der Waals surface area contributed by atoms with E-state index in [1.165, 1.54) is 6.92 Å². The number of carboxylic acid groups (broad SMARTS) is 1. The summed E-state index contributed by atoms with van der Waals surface area (Å²) in [5.74, 6) is -0.466. The highest BCUT2D eigenvalue weighted by atomic mass is 32.2. The smallest absolute Gasteiger partial charge is 0.303 e. The van der Waals surface area contributed by atoms with Crippen molar-refractivity contribution in [3.05, 3.63) is 119 Å². The van der Waals surface area contributed by atoms with Crippen molar-refractivity contribution < 1.29 is 34.1 Å². The molecule has 1 fully saturated rings. The van der Waals surface area contributed by atoms with Crippen molar-refractivity contribution in [3.63, 3.8) is 0 Å². The molecule has 10 heteroatoms. The van der Waals surface area contributed by atoms with Gasteiger partial charge in [0.1, 0.15) is 0 Å². The quantitative estimate of drug-likeness (QED) is 0.105. The number of aliphatic carboxylic acids is 1. The van der Waals surface area contributed by atoms with E-state index in [-0.39, 0.29) is 43.5 Å². The molecule has 250 valence electrons. The topological polar surface area (TPSA) is 134 Å². The predicted molar refractivity (Wildman–Crippen MR) is 185 cm³/mol. The molecule has 0 radical (unpaired) electrons. The minimum atomic E-state index is -0.904. The Hall–Kier alpha value is -4.48. The Morgan fingerprint density at radius 3 is 2.25 bits per heavy atom. The average Bonchev–Trinajstić information content (AvgIpc) is 3.10. The molecule has 0 saturated carbocycles. The molecule has 5 rings (SSSR count). The number of hydrogen-bond donors (Lipinski definition) is 4. The lowest BCUT2D eigenvalue weighted by Gasteiger charge is -2.36. The summed E-state index contributed by atoms with van der Waals surface area (Å²) in [6.45, 7) is 1.83. The van der Waals surface area contributed by atoms with Gasteiger partial charge < -0.3 is 30.3 Å². The van der Waals surface area contributed by atoms with Crippen LogP contribution in [0.25, 0.3) is 11.1 Å². The Bertz CT molecular complexity index is 1680. The number of thioether (sulfide) groups is 1. The fourth-order valence-electron chi connectivity index (χ4n) is 5.43. The van der Waals surface area contributed by atoms with Crippen LogP contribution in [0.15, 0.2) is 102 Å². The van der Waals surface area contributed by atoms with Crippen LogP contribution in [0.4, 0.5) is 5.69 Å². The van der Waals surface area contributed by atoms with Crippen molar-refractivity contribution in [3.8, 4) is 11.1 Å². The molecule has 4 N–H and O–H groups in total. The molecule has 2 amide bonds. The van der Waals surface area contributed by atoms with Crippen LogP contribution in [0.5, 0.6) is 0 Å². The molecule has 1 aliphatic rings. The Balaban J connectivity index is 1.26. The monoisotopic (exact) mass is 668 g/mol. The van der Waals surface area contributed by atoms with Crippen LogP contribution < -0.4 is 10.6 Å². The largest absolute Gasteiger partial charge is 0.481 e. The van der Waals surface area contributed by atoms with Crippen molar-refractivity contribution in [2.45, 2.75) is 69.2 Å². The Morgan fingerprint density at radius 1 is 0.833 bits per heavy atom. The van der Waals surface area contributed by atoms with Gasteiger partial charge in [0.2, 0.25) is 11.8 Å². The molecule has 3 atom stereocenters. The number of amides is 2. The number of aliphatic hydroxyl groups excluding tert-OH is 1. The van der Waals surface area contributed by atoms with Gasteiger partial charge in [-0.15, -0.1) is 11.8 Å². The fourth-order valence-corrected chi connectivity index (χ4v) is 6.35. The van der Waals surface area contributed by atoms with Crippen molar-refractivity contribution >= 4 is 35.2 Å². The highest BCUT2D eigenvalue weighted by Gasteiger charge is 2.32. The van der Waals surface area contributed by atoms with Gasteiger partial charge in [0.05, 0.1) is 18.8 Å². The summed E-state index contributed by atoms with van der Waals surface area (Å²) in [7, 11) is 0. The minimum Gasteiger partial charge on any atom is -0.481 e. The van der Waals surface area contributed by atoms with Crippen LogP contribution in [0.1, 0.15) is 67.3 Å². The maximum absolute atomic E-state index is 12.1. The lowest BCUT2D eigenvalue weighted by atomic mass is 9.99. The molecule has 9 nitrogen and oxygen atoms in total. The van der Waals surface area contributed by atoms with Gasteiger partial charge in [-0.1, -0.05) is 66.7 Å². The van der Waals surface area contributed by atoms with Crippen molar-refractivity contribution in [2.24, 2.45) is 0 Å². The van der Waals surface area contributed by atoms with E-state index in [4.69, 9.17) is 14.6 Å². The molecule has 48 heavy (non-hydrogen) atoms. The molecule has 0 spiro atoms. The average molecular weight is 669 g/mol. The number of benzene rings is 4. The number of aliphatic hydroxyl groups is 1. The third kappa shape index (κ3) is 10.3. The normalized spacial score (nSPS) is 17.4. The summed E-state index contributed by atoms with van der Waals surface area (Å²) < 4.78 is 13.0. The number of carbonyl (C=O) groups excluding carboxylic acids is 2. The zero-order valence-corrected chi connectivity index (χ0v) is 27.6. The molecule has 1 saturated heterocycles. The van der Waals surface area contributed by atoms with Gasteiger partial charge in [0.15, 0.2) is 6.29 Å². The number of rotatable bonds is 14. The fraction of sp³-hybridized carbons (Fsp3) is 0.289. The van der Waals surface area contributed by atoms with Crippen LogP contribution in [-0.4, -0.2) is 39.9 Å². The van der Waals surface area contributed by atoms with Crippen LogP contribution >= 0.6 is 11.8 Å². The van der Waals surface area contributed by atoms with Crippen molar-refractivity contribution in [1.29, 1.82) is 0 Å². The predicted octanol–water partition coefficient (Wildman–Crippen LogP) is 7.01. The first kappa shape index (κ1) is 34.8. The van der Waals surface area contributed by atoms with E-state index in [2.05, 4.69) is 10.6 Å². The SMILES string of the molecule is CC(=O)Nc1ccc(SC[C@H]2C[C@@H](c3ccc(CO)cc3)O[C@@H](c3ccc(-c4cccc(CNC(=O)CCCC(=O)O)c4)cc3)O2)cc1. The van der Waals surface area contributed by atoms with Crippen LogP contribution in [-0.2, 0) is 37.0 Å². The summed E-state index contributed by atoms with van der Waals surface area (Å²) in [6, 6.07) is 31.6. The van der Waals surface area contributed by atoms with E-state index >= 15 is 0 Å². The molecule has 4 aromatic carbocycles. The molecule has 0 unspecified atom stereocenters. The highest BCUT2D eigenvalue weighted by Crippen LogP contribution is 2.40. The zero-order chi connectivity index (χ0) is 33.9. The summed E-state index contributed by atoms with van der Waals surface area (Å²) in [5.41, 5.74) is 6.48. The van der Waals surface area contributed by atoms with Gasteiger partial charge in [-0.3, -0.25) is 14.4 Å². The maximum Gasteiger partial charge on any atom is 0.303 e. The van der Waals surface area contributed by atoms with E-state index in [9.17, 15) is 19.5 Å². The highest BCUT2D eigenvalue weighted by molar-refractivity contribution is 7.99. The van der Waals surface area contributed by atoms with Gasteiger partial charge in [0.25, 0.3) is 0 Å². The van der Waals surface area contributed by atoms with Crippen LogP contribution in [0.3, 0.4) is 0 Å². The van der Waals surface area contributed by atoms with E-state index in [1.807, 2.05) is 97.1 Å². The Labute approximate surface area is 284 Å². The van der Waals surface area contributed by atoms with E-state index in [1.54, 1.807) is 11.8 Å². The first-order valence-electron chi connectivity index (χ1n) is 15.9. The molecule has 0 bridgehead atoms. The Kier molecular flexibility index (Phi) is 12.4. The molecule has 4 aromatic rings. The molecule has 1 aliphatic heterocycles. The second kappa shape index (κ2) is 17.1. The lowest BCUT2D eigenvalue weighted by Crippen LogP contribution is -2.31. The molecule has 0 aromatic heterocycles. The van der Waals surface area contributed by atoms with E-state index < -0.39 is 12.3 Å². The summed E-state index contributed by atoms with van der Waals surface area (Å²) >= 11 is 1.69. The molecular weight excluding hydrogens is 628 g/mol. The lowest BCUT2D eigenvalue weighted by molar-refractivity contribution is -0.245. The molecular formula is C38H40N2O7S. The van der Waals surface area contributed by atoms with Crippen molar-refractivity contribution in [1.82, 2.24) is 5.32 Å². The first-order chi connectivity index (χ1) is 23.2. The second-order valence-corrected chi connectivity index (χ2v) is 12.8. The van der Waals surface area contributed by atoms with E-state index in [0.717, 1.165) is 44.0 Å². The van der Waals surface area contributed by atoms with Gasteiger partial charge in [0, 0.05) is 54.6 Å². The van der Waals surface area contributed by atoms with Gasteiger partial charge in [-0.25, -0.2) is 0 Å². The van der Waals surface area contributed by atoms with E-state index in [0.29, 0.717) is 25.1 Å². The third-order valence-electron chi connectivity index (χ3n) is 7.95. The summed E-state index contributed by atoms with van der Waals surface area (Å²) in [6.07, 6.45) is 0.276. The van der Waals surface area contributed by atoms with Crippen molar-refractivity contribution in [2.75, 3.05) is 11.1 Å². The summed E-state index contributed by atoms with van der Waals surface area (Å²) in [4.78, 5) is 35.2. The van der Waals surface area contributed by atoms with Gasteiger partial charge >= 0.3 is 5.97 Å².